The summed E-state index contributed by atoms with van der Waals surface area (Å²) in [5.41, 5.74) is 0.275. The van der Waals surface area contributed by atoms with Crippen LogP contribution < -0.4 is 5.32 Å². The van der Waals surface area contributed by atoms with Gasteiger partial charge in [-0.05, 0) is 42.0 Å². The number of halogens is 5. The zero-order chi connectivity index (χ0) is 19.6. The second kappa shape index (κ2) is 7.62. The number of nitrogens with zero attached hydrogens (tertiary/aromatic N) is 1. The van der Waals surface area contributed by atoms with Gasteiger partial charge in [-0.1, -0.05) is 29.3 Å². The molecule has 27 heavy (non-hydrogen) atoms. The van der Waals surface area contributed by atoms with Crippen molar-refractivity contribution in [2.75, 3.05) is 5.32 Å². The molecule has 0 aliphatic heterocycles. The fourth-order valence-electron chi connectivity index (χ4n) is 2.38. The minimum absolute atomic E-state index is 0.160. The highest BCUT2D eigenvalue weighted by atomic mass is 35.5. The Balaban J connectivity index is 1.70. The summed E-state index contributed by atoms with van der Waals surface area (Å²) in [6.07, 6.45) is -2.80. The second-order valence-corrected chi connectivity index (χ2v) is 6.46. The van der Waals surface area contributed by atoms with Crippen LogP contribution in [0.25, 0.3) is 0 Å². The maximum atomic E-state index is 12.6. The summed E-state index contributed by atoms with van der Waals surface area (Å²) >= 11 is 12.2. The topological polar surface area (TPSA) is 57.8 Å². The Kier molecular flexibility index (Phi) is 5.43. The number of alkyl halides is 3. The highest BCUT2D eigenvalue weighted by Crippen LogP contribution is 2.30. The van der Waals surface area contributed by atoms with Crippen molar-refractivity contribution in [1.29, 1.82) is 0 Å². The lowest BCUT2D eigenvalue weighted by Crippen LogP contribution is -2.13. The summed E-state index contributed by atoms with van der Waals surface area (Å²) in [5.74, 6) is -0.0543. The van der Waals surface area contributed by atoms with Crippen LogP contribution in [0.5, 0.6) is 0 Å². The van der Waals surface area contributed by atoms with Gasteiger partial charge in [-0.25, -0.2) is 4.98 Å². The molecule has 0 radical (unpaired) electrons. The lowest BCUT2D eigenvalue weighted by atomic mass is 10.1. The van der Waals surface area contributed by atoms with Gasteiger partial charge >= 0.3 is 6.18 Å². The monoisotopic (exact) mass is 413 g/mol. The first-order chi connectivity index (χ1) is 12.7. The van der Waals surface area contributed by atoms with Crippen LogP contribution in [0.1, 0.15) is 27.4 Å². The molecular weight excluding hydrogens is 402 g/mol. The first kappa shape index (κ1) is 19.3. The van der Waals surface area contributed by atoms with Gasteiger partial charge in [0.15, 0.2) is 0 Å². The standard InChI is InChI=1S/C18H12Cl2F3N3O/c19-13-2-1-3-14(20)12(13)8-16-24-9-15(26-16)17(27)25-11-6-4-10(5-7-11)18(21,22)23/h1-7,9H,8H2,(H,24,26)(H,25,27). The molecule has 2 aromatic carbocycles. The van der Waals surface area contributed by atoms with Crippen molar-refractivity contribution < 1.29 is 18.0 Å². The molecule has 9 heteroatoms. The third-order valence-corrected chi connectivity index (χ3v) is 4.46. The number of amides is 1. The van der Waals surface area contributed by atoms with Gasteiger partial charge in [0.1, 0.15) is 11.5 Å². The van der Waals surface area contributed by atoms with Crippen molar-refractivity contribution in [1.82, 2.24) is 9.97 Å². The average molecular weight is 414 g/mol. The van der Waals surface area contributed by atoms with Crippen molar-refractivity contribution >= 4 is 34.8 Å². The summed E-state index contributed by atoms with van der Waals surface area (Å²) < 4.78 is 37.7. The number of aromatic nitrogens is 2. The molecule has 0 saturated carbocycles. The van der Waals surface area contributed by atoms with Crippen LogP contribution in [0.4, 0.5) is 18.9 Å². The first-order valence-electron chi connectivity index (χ1n) is 7.69. The summed E-state index contributed by atoms with van der Waals surface area (Å²) in [7, 11) is 0. The minimum atomic E-state index is -4.43. The van der Waals surface area contributed by atoms with E-state index in [1.807, 2.05) is 0 Å². The maximum absolute atomic E-state index is 12.6. The van der Waals surface area contributed by atoms with Gasteiger partial charge in [0.25, 0.3) is 5.91 Å². The number of hydrogen-bond acceptors (Lipinski definition) is 2. The lowest BCUT2D eigenvalue weighted by molar-refractivity contribution is -0.137. The van der Waals surface area contributed by atoms with E-state index < -0.39 is 17.6 Å². The number of hydrogen-bond donors (Lipinski definition) is 2. The third-order valence-electron chi connectivity index (χ3n) is 3.75. The highest BCUT2D eigenvalue weighted by molar-refractivity contribution is 6.36. The number of carbonyl (C=O) groups is 1. The Morgan fingerprint density at radius 1 is 1.07 bits per heavy atom. The van der Waals surface area contributed by atoms with E-state index in [9.17, 15) is 18.0 Å². The summed E-state index contributed by atoms with van der Waals surface area (Å²) in [5, 5.41) is 3.47. The third kappa shape index (κ3) is 4.61. The maximum Gasteiger partial charge on any atom is 0.416 e. The molecule has 0 atom stereocenters. The first-order valence-corrected chi connectivity index (χ1v) is 8.45. The van der Waals surface area contributed by atoms with E-state index in [1.54, 1.807) is 18.2 Å². The zero-order valence-corrected chi connectivity index (χ0v) is 15.1. The number of imidazole rings is 1. The largest absolute Gasteiger partial charge is 0.416 e. The van der Waals surface area contributed by atoms with Crippen LogP contribution in [-0.4, -0.2) is 15.9 Å². The van der Waals surface area contributed by atoms with E-state index in [2.05, 4.69) is 15.3 Å². The molecular formula is C18H12Cl2F3N3O. The van der Waals surface area contributed by atoms with E-state index in [-0.39, 0.29) is 11.4 Å². The molecule has 0 aliphatic rings. The molecule has 1 aromatic heterocycles. The number of carbonyl (C=O) groups excluding carboxylic acids is 1. The van der Waals surface area contributed by atoms with Crippen molar-refractivity contribution in [2.24, 2.45) is 0 Å². The van der Waals surface area contributed by atoms with E-state index >= 15 is 0 Å². The predicted molar refractivity (Wildman–Crippen MR) is 97.3 cm³/mol. The van der Waals surface area contributed by atoms with Gasteiger partial charge < -0.3 is 10.3 Å². The highest BCUT2D eigenvalue weighted by Gasteiger charge is 2.30. The van der Waals surface area contributed by atoms with Crippen molar-refractivity contribution in [3.05, 3.63) is 81.4 Å². The van der Waals surface area contributed by atoms with Crippen molar-refractivity contribution in [3.8, 4) is 0 Å². The Labute approximate surface area is 162 Å². The van der Waals surface area contributed by atoms with Gasteiger partial charge in [0.2, 0.25) is 0 Å². The van der Waals surface area contributed by atoms with Crippen LogP contribution in [0.15, 0.2) is 48.7 Å². The van der Waals surface area contributed by atoms with E-state index in [0.717, 1.165) is 12.1 Å². The molecule has 3 rings (SSSR count). The number of H-pyrrole nitrogens is 1. The van der Waals surface area contributed by atoms with E-state index in [0.29, 0.717) is 27.9 Å². The van der Waals surface area contributed by atoms with Crippen molar-refractivity contribution in [2.45, 2.75) is 12.6 Å². The summed E-state index contributed by atoms with van der Waals surface area (Å²) in [6, 6.07) is 9.27. The van der Waals surface area contributed by atoms with Gasteiger partial charge in [-0.2, -0.15) is 13.2 Å². The zero-order valence-electron chi connectivity index (χ0n) is 13.6. The average Bonchev–Trinajstić information content (AvgIpc) is 3.07. The molecule has 0 aliphatic carbocycles. The molecule has 0 unspecified atom stereocenters. The quantitative estimate of drug-likeness (QED) is 0.586. The molecule has 1 heterocycles. The van der Waals surface area contributed by atoms with Gasteiger partial charge in [0, 0.05) is 22.2 Å². The number of anilines is 1. The molecule has 4 nitrogen and oxygen atoms in total. The molecule has 2 N–H and O–H groups in total. The summed E-state index contributed by atoms with van der Waals surface area (Å²) in [4.78, 5) is 19.2. The van der Waals surface area contributed by atoms with Crippen LogP contribution in [0.3, 0.4) is 0 Å². The Bertz CT molecular complexity index is 948. The molecule has 3 aromatic rings. The number of nitrogens with one attached hydrogen (secondary N) is 2. The Morgan fingerprint density at radius 2 is 1.70 bits per heavy atom. The van der Waals surface area contributed by atoms with Crippen LogP contribution in [-0.2, 0) is 12.6 Å². The fraction of sp³-hybridized carbons (Fsp3) is 0.111. The van der Waals surface area contributed by atoms with Crippen LogP contribution in [0.2, 0.25) is 10.0 Å². The molecule has 140 valence electrons. The van der Waals surface area contributed by atoms with Gasteiger partial charge in [-0.15, -0.1) is 0 Å². The van der Waals surface area contributed by atoms with Crippen LogP contribution >= 0.6 is 23.2 Å². The van der Waals surface area contributed by atoms with Crippen molar-refractivity contribution in [3.63, 3.8) is 0 Å². The normalized spacial score (nSPS) is 11.4. The molecule has 1 amide bonds. The Hall–Kier alpha value is -2.51. The van der Waals surface area contributed by atoms with Gasteiger partial charge in [0.05, 0.1) is 11.8 Å². The predicted octanol–water partition coefficient (Wildman–Crippen LogP) is 5.58. The smallest absolute Gasteiger partial charge is 0.338 e. The number of benzene rings is 2. The van der Waals surface area contributed by atoms with Gasteiger partial charge in [-0.3, -0.25) is 4.79 Å². The number of rotatable bonds is 4. The lowest BCUT2D eigenvalue weighted by Gasteiger charge is -2.08. The molecule has 0 saturated heterocycles. The fourth-order valence-corrected chi connectivity index (χ4v) is 2.91. The SMILES string of the molecule is O=C(Nc1ccc(C(F)(F)F)cc1)c1cnc(Cc2c(Cl)cccc2Cl)[nH]1. The van der Waals surface area contributed by atoms with Crippen LogP contribution in [0, 0.1) is 0 Å². The molecule has 0 spiro atoms. The number of aromatic amines is 1. The Morgan fingerprint density at radius 3 is 2.30 bits per heavy atom. The summed E-state index contributed by atoms with van der Waals surface area (Å²) in [6.45, 7) is 0. The van der Waals surface area contributed by atoms with E-state index in [1.165, 1.54) is 18.3 Å². The molecule has 0 fully saturated rings. The minimum Gasteiger partial charge on any atom is -0.338 e. The molecule has 0 bridgehead atoms. The second-order valence-electron chi connectivity index (χ2n) is 5.65. The van der Waals surface area contributed by atoms with E-state index in [4.69, 9.17) is 23.2 Å².